The van der Waals surface area contributed by atoms with Gasteiger partial charge in [-0.25, -0.2) is 0 Å². The highest BCUT2D eigenvalue weighted by Gasteiger charge is 2.79. The molecular formula is C25H35ClO8S. The van der Waals surface area contributed by atoms with Crippen LogP contribution in [0.3, 0.4) is 0 Å². The van der Waals surface area contributed by atoms with Crippen LogP contribution in [0.5, 0.6) is 0 Å². The summed E-state index contributed by atoms with van der Waals surface area (Å²) < 4.78 is 40.9. The Bertz CT molecular complexity index is 1120. The van der Waals surface area contributed by atoms with Crippen molar-refractivity contribution >= 4 is 33.3 Å². The van der Waals surface area contributed by atoms with Gasteiger partial charge in [0, 0.05) is 17.3 Å². The summed E-state index contributed by atoms with van der Waals surface area (Å²) in [6, 6.07) is 0. The standard InChI is InChI=1S/C25H35ClO8S/c1-21(2)33-20-11-17-16-7-6-14-10-15(27)8-9-22(14,3)24(16,26)18(28)12-23(17,4)25(20,34-21)19(29)13-32-35(5,30)31/h10,16-18,20,28H,6-9,11-13H2,1-5H3/t16-,17-,18-,20+,22-,23-,24-,25+/m0/s1. The van der Waals surface area contributed by atoms with Crippen molar-refractivity contribution in [1.29, 1.82) is 0 Å². The van der Waals surface area contributed by atoms with Crippen LogP contribution in [0, 0.1) is 22.7 Å². The lowest BCUT2D eigenvalue weighted by Gasteiger charge is -2.65. The lowest BCUT2D eigenvalue weighted by atomic mass is 9.44. The molecule has 5 aliphatic rings. The van der Waals surface area contributed by atoms with E-state index in [0.29, 0.717) is 32.1 Å². The Kier molecular flexibility index (Phi) is 5.60. The molecule has 0 radical (unpaired) electrons. The average Bonchev–Trinajstić information content (AvgIpc) is 3.14. The number of carbonyl (C=O) groups is 2. The van der Waals surface area contributed by atoms with Crippen LogP contribution in [0.2, 0.25) is 0 Å². The Balaban J connectivity index is 1.59. The summed E-state index contributed by atoms with van der Waals surface area (Å²) >= 11 is 7.50. The SMILES string of the molecule is CC1(C)O[C@@H]2C[C@H]3[C@@H]4CCC5=CC(=O)CC[C@]5(C)[C@@]4(Cl)[C@@H](O)C[C@]3(C)[C@]2(C(=O)COS(C)(=O)=O)O1. The fraction of sp³-hybridized carbons (Fsp3) is 0.840. The number of ketones is 2. The molecule has 0 amide bonds. The minimum absolute atomic E-state index is 0.0983. The molecule has 0 bridgehead atoms. The van der Waals surface area contributed by atoms with E-state index in [-0.39, 0.29) is 24.0 Å². The lowest BCUT2D eigenvalue weighted by molar-refractivity contribution is -0.223. The number of halogens is 1. The fourth-order valence-electron chi connectivity index (χ4n) is 8.44. The Hall–Kier alpha value is -0.840. The van der Waals surface area contributed by atoms with Crippen LogP contribution >= 0.6 is 11.6 Å². The molecule has 1 saturated heterocycles. The van der Waals surface area contributed by atoms with E-state index in [4.69, 9.17) is 25.3 Å². The van der Waals surface area contributed by atoms with Gasteiger partial charge in [0.2, 0.25) is 0 Å². The number of hydrogen-bond acceptors (Lipinski definition) is 8. The van der Waals surface area contributed by atoms with E-state index in [1.165, 1.54) is 0 Å². The maximum absolute atomic E-state index is 13.8. The van der Waals surface area contributed by atoms with E-state index in [1.807, 2.05) is 6.92 Å². The van der Waals surface area contributed by atoms with Crippen molar-refractivity contribution in [3.8, 4) is 0 Å². The highest BCUT2D eigenvalue weighted by Crippen LogP contribution is 2.73. The number of Topliss-reactive ketones (excluding diaryl/α,β-unsaturated/α-hetero) is 1. The number of fused-ring (bicyclic) bond motifs is 7. The minimum atomic E-state index is -3.85. The molecule has 0 unspecified atom stereocenters. The third-order valence-corrected chi connectivity index (χ3v) is 11.3. The number of hydrogen-bond donors (Lipinski definition) is 1. The third kappa shape index (κ3) is 3.34. The largest absolute Gasteiger partial charge is 0.391 e. The molecule has 35 heavy (non-hydrogen) atoms. The molecule has 4 aliphatic carbocycles. The summed E-state index contributed by atoms with van der Waals surface area (Å²) in [7, 11) is -3.85. The second-order valence-electron chi connectivity index (χ2n) is 12.1. The fourth-order valence-corrected chi connectivity index (χ4v) is 9.31. The van der Waals surface area contributed by atoms with Gasteiger partial charge in [0.1, 0.15) is 6.61 Å². The van der Waals surface area contributed by atoms with Gasteiger partial charge in [0.05, 0.1) is 23.3 Å². The monoisotopic (exact) mass is 530 g/mol. The normalized spacial score (nSPS) is 48.4. The van der Waals surface area contributed by atoms with Crippen LogP contribution in [0.1, 0.15) is 66.2 Å². The second-order valence-corrected chi connectivity index (χ2v) is 14.4. The molecule has 0 aromatic carbocycles. The molecule has 8 nitrogen and oxygen atoms in total. The molecule has 10 heteroatoms. The zero-order valence-electron chi connectivity index (χ0n) is 20.9. The summed E-state index contributed by atoms with van der Waals surface area (Å²) in [5, 5.41) is 11.8. The molecule has 0 spiro atoms. The molecular weight excluding hydrogens is 496 g/mol. The first-order valence-corrected chi connectivity index (χ1v) is 14.6. The van der Waals surface area contributed by atoms with E-state index in [0.717, 1.165) is 11.8 Å². The third-order valence-electron chi connectivity index (χ3n) is 9.85. The maximum Gasteiger partial charge on any atom is 0.264 e. The predicted molar refractivity (Wildman–Crippen MR) is 127 cm³/mol. The molecule has 8 atom stereocenters. The summed E-state index contributed by atoms with van der Waals surface area (Å²) in [6.45, 7) is 6.82. The molecule has 1 aliphatic heterocycles. The van der Waals surface area contributed by atoms with E-state index in [1.54, 1.807) is 19.9 Å². The van der Waals surface area contributed by atoms with Gasteiger partial charge in [0.25, 0.3) is 10.1 Å². The second kappa shape index (κ2) is 7.60. The minimum Gasteiger partial charge on any atom is -0.391 e. The van der Waals surface area contributed by atoms with Gasteiger partial charge in [0.15, 0.2) is 23.0 Å². The summed E-state index contributed by atoms with van der Waals surface area (Å²) in [4.78, 5) is 24.9. The summed E-state index contributed by atoms with van der Waals surface area (Å²) in [6.07, 6.45) is 4.08. The van der Waals surface area contributed by atoms with Gasteiger partial charge in [-0.1, -0.05) is 19.4 Å². The Morgan fingerprint density at radius 2 is 1.91 bits per heavy atom. The van der Waals surface area contributed by atoms with Crippen molar-refractivity contribution in [2.75, 3.05) is 12.9 Å². The molecule has 0 aromatic rings. The van der Waals surface area contributed by atoms with Gasteiger partial charge in [-0.05, 0) is 63.9 Å². The van der Waals surface area contributed by atoms with Crippen LogP contribution in [-0.2, 0) is 33.4 Å². The predicted octanol–water partition coefficient (Wildman–Crippen LogP) is 2.90. The van der Waals surface area contributed by atoms with Gasteiger partial charge in [-0.3, -0.25) is 13.8 Å². The highest BCUT2D eigenvalue weighted by atomic mass is 35.5. The van der Waals surface area contributed by atoms with E-state index >= 15 is 0 Å². The molecule has 0 aromatic heterocycles. The number of alkyl halides is 1. The molecule has 4 fully saturated rings. The van der Waals surface area contributed by atoms with Crippen molar-refractivity contribution in [2.45, 2.75) is 94.7 Å². The van der Waals surface area contributed by atoms with Crippen molar-refractivity contribution in [2.24, 2.45) is 22.7 Å². The molecule has 1 heterocycles. The van der Waals surface area contributed by atoms with Crippen molar-refractivity contribution in [3.05, 3.63) is 11.6 Å². The van der Waals surface area contributed by atoms with E-state index in [2.05, 4.69) is 6.92 Å². The van der Waals surface area contributed by atoms with Gasteiger partial charge < -0.3 is 14.6 Å². The van der Waals surface area contributed by atoms with Crippen LogP contribution in [0.4, 0.5) is 0 Å². The Morgan fingerprint density at radius 3 is 2.57 bits per heavy atom. The van der Waals surface area contributed by atoms with Gasteiger partial charge in [-0.15, -0.1) is 11.6 Å². The summed E-state index contributed by atoms with van der Waals surface area (Å²) in [5.74, 6) is -1.71. The van der Waals surface area contributed by atoms with Gasteiger partial charge >= 0.3 is 0 Å². The number of carbonyl (C=O) groups excluding carboxylic acids is 2. The van der Waals surface area contributed by atoms with Crippen molar-refractivity contribution in [1.82, 2.24) is 0 Å². The zero-order chi connectivity index (χ0) is 25.8. The van der Waals surface area contributed by atoms with Crippen molar-refractivity contribution < 1.29 is 36.8 Å². The zero-order valence-corrected chi connectivity index (χ0v) is 22.5. The number of aliphatic hydroxyl groups is 1. The van der Waals surface area contributed by atoms with E-state index in [9.17, 15) is 23.1 Å². The number of rotatable bonds is 4. The number of aliphatic hydroxyl groups excluding tert-OH is 1. The van der Waals surface area contributed by atoms with Crippen molar-refractivity contribution in [3.63, 3.8) is 0 Å². The van der Waals surface area contributed by atoms with Crippen LogP contribution in [0.15, 0.2) is 11.6 Å². The van der Waals surface area contributed by atoms with Crippen LogP contribution in [0.25, 0.3) is 0 Å². The molecule has 1 N–H and O–H groups in total. The number of ether oxygens (including phenoxy) is 2. The molecule has 196 valence electrons. The van der Waals surface area contributed by atoms with Crippen LogP contribution in [-0.4, -0.2) is 66.4 Å². The van der Waals surface area contributed by atoms with Crippen LogP contribution < -0.4 is 0 Å². The molecule has 5 rings (SSSR count). The summed E-state index contributed by atoms with van der Waals surface area (Å²) in [5.41, 5.74) is -1.86. The lowest BCUT2D eigenvalue weighted by Crippen LogP contribution is -2.70. The van der Waals surface area contributed by atoms with Gasteiger partial charge in [-0.2, -0.15) is 8.42 Å². The highest BCUT2D eigenvalue weighted by molar-refractivity contribution is 7.86. The smallest absolute Gasteiger partial charge is 0.264 e. The first-order chi connectivity index (χ1) is 16.0. The Morgan fingerprint density at radius 1 is 1.23 bits per heavy atom. The quantitative estimate of drug-likeness (QED) is 0.435. The molecule has 3 saturated carbocycles. The maximum atomic E-state index is 13.8. The first-order valence-electron chi connectivity index (χ1n) is 12.4. The first kappa shape index (κ1) is 25.8. The number of allylic oxidation sites excluding steroid dienone is 1. The average molecular weight is 531 g/mol. The topological polar surface area (TPSA) is 116 Å². The Labute approximate surface area is 211 Å². The van der Waals surface area contributed by atoms with E-state index < -0.39 is 61.8 Å².